The van der Waals surface area contributed by atoms with E-state index < -0.39 is 0 Å². The topological polar surface area (TPSA) is 51.2 Å². The van der Waals surface area contributed by atoms with Gasteiger partial charge < -0.3 is 10.1 Å². The molecular formula is C14H22N2O2S. The Morgan fingerprint density at radius 3 is 2.89 bits per heavy atom. The Morgan fingerprint density at radius 2 is 2.21 bits per heavy atom. The molecule has 106 valence electrons. The summed E-state index contributed by atoms with van der Waals surface area (Å²) in [6.45, 7) is 6.39. The predicted molar refractivity (Wildman–Crippen MR) is 77.9 cm³/mol. The number of thiazole rings is 1. The average molecular weight is 282 g/mol. The van der Waals surface area contributed by atoms with Crippen LogP contribution in [-0.2, 0) is 4.74 Å². The van der Waals surface area contributed by atoms with Crippen LogP contribution in [0.4, 0.5) is 5.13 Å². The minimum Gasteiger partial charge on any atom is -0.461 e. The quantitative estimate of drug-likeness (QED) is 0.857. The molecule has 0 aromatic carbocycles. The summed E-state index contributed by atoms with van der Waals surface area (Å²) in [5, 5.41) is 4.34. The first-order valence-electron chi connectivity index (χ1n) is 7.03. The van der Waals surface area contributed by atoms with Crippen LogP contribution in [0.15, 0.2) is 0 Å². The number of aryl methyl sites for hydroxylation is 1. The maximum atomic E-state index is 11.7. The molecule has 2 unspecified atom stereocenters. The Hall–Kier alpha value is -1.10. The van der Waals surface area contributed by atoms with E-state index in [0.29, 0.717) is 24.3 Å². The van der Waals surface area contributed by atoms with Crippen molar-refractivity contribution in [3.05, 3.63) is 10.6 Å². The molecule has 19 heavy (non-hydrogen) atoms. The molecular weight excluding hydrogens is 260 g/mol. The average Bonchev–Trinajstić information content (AvgIpc) is 2.74. The third kappa shape index (κ3) is 3.47. The van der Waals surface area contributed by atoms with Crippen LogP contribution in [0.25, 0.3) is 0 Å². The summed E-state index contributed by atoms with van der Waals surface area (Å²) in [7, 11) is 0. The monoisotopic (exact) mass is 282 g/mol. The number of rotatable bonds is 4. The van der Waals surface area contributed by atoms with E-state index in [1.165, 1.54) is 25.7 Å². The summed E-state index contributed by atoms with van der Waals surface area (Å²) in [4.78, 5) is 17.0. The molecule has 1 heterocycles. The molecule has 5 heteroatoms. The third-order valence-corrected chi connectivity index (χ3v) is 4.59. The van der Waals surface area contributed by atoms with Gasteiger partial charge in [0, 0.05) is 10.9 Å². The van der Waals surface area contributed by atoms with Gasteiger partial charge in [0.2, 0.25) is 0 Å². The molecule has 0 spiro atoms. The van der Waals surface area contributed by atoms with Crippen molar-refractivity contribution in [2.45, 2.75) is 52.5 Å². The number of carbonyl (C=O) groups excluding carboxylic acids is 1. The Bertz CT molecular complexity index is 445. The number of carbonyl (C=O) groups is 1. The van der Waals surface area contributed by atoms with E-state index in [1.54, 1.807) is 11.3 Å². The fraction of sp³-hybridized carbons (Fsp3) is 0.714. The molecule has 0 aliphatic heterocycles. The molecule has 1 aromatic heterocycles. The van der Waals surface area contributed by atoms with Crippen molar-refractivity contribution in [2.24, 2.45) is 5.92 Å². The molecule has 0 bridgehead atoms. The van der Waals surface area contributed by atoms with Crippen molar-refractivity contribution in [3.63, 3.8) is 0 Å². The number of nitrogens with one attached hydrogen (secondary N) is 1. The SMILES string of the molecule is CCOC(=O)c1nc(NC2CCCCC2C)sc1C. The number of hydrogen-bond acceptors (Lipinski definition) is 5. The molecule has 1 aliphatic carbocycles. The van der Waals surface area contributed by atoms with Crippen LogP contribution < -0.4 is 5.32 Å². The molecule has 1 saturated carbocycles. The lowest BCUT2D eigenvalue weighted by molar-refractivity contribution is 0.0519. The number of anilines is 1. The largest absolute Gasteiger partial charge is 0.461 e. The molecule has 0 saturated heterocycles. The van der Waals surface area contributed by atoms with E-state index in [4.69, 9.17) is 4.74 Å². The first-order valence-corrected chi connectivity index (χ1v) is 7.84. The summed E-state index contributed by atoms with van der Waals surface area (Å²) in [5.74, 6) is 0.352. The lowest BCUT2D eigenvalue weighted by Gasteiger charge is -2.29. The van der Waals surface area contributed by atoms with E-state index in [9.17, 15) is 4.79 Å². The highest BCUT2D eigenvalue weighted by Gasteiger charge is 2.23. The van der Waals surface area contributed by atoms with Gasteiger partial charge in [-0.3, -0.25) is 0 Å². The van der Waals surface area contributed by atoms with Crippen LogP contribution >= 0.6 is 11.3 Å². The number of aromatic nitrogens is 1. The molecule has 1 fully saturated rings. The second-order valence-electron chi connectivity index (χ2n) is 5.16. The smallest absolute Gasteiger partial charge is 0.358 e. The highest BCUT2D eigenvalue weighted by molar-refractivity contribution is 7.15. The molecule has 1 N–H and O–H groups in total. The van der Waals surface area contributed by atoms with Gasteiger partial charge in [0.25, 0.3) is 0 Å². The highest BCUT2D eigenvalue weighted by atomic mass is 32.1. The normalized spacial score (nSPS) is 23.1. The second kappa shape index (κ2) is 6.37. The van der Waals surface area contributed by atoms with Crippen molar-refractivity contribution in [2.75, 3.05) is 11.9 Å². The summed E-state index contributed by atoms with van der Waals surface area (Å²) < 4.78 is 5.01. The van der Waals surface area contributed by atoms with Gasteiger partial charge in [0.1, 0.15) is 0 Å². The first kappa shape index (κ1) is 14.3. The molecule has 0 amide bonds. The van der Waals surface area contributed by atoms with Gasteiger partial charge >= 0.3 is 5.97 Å². The molecule has 0 radical (unpaired) electrons. The van der Waals surface area contributed by atoms with E-state index >= 15 is 0 Å². The van der Waals surface area contributed by atoms with Crippen LogP contribution in [0.1, 0.15) is 54.9 Å². The van der Waals surface area contributed by atoms with Crippen LogP contribution in [-0.4, -0.2) is 23.6 Å². The lowest BCUT2D eigenvalue weighted by atomic mass is 9.86. The zero-order valence-corrected chi connectivity index (χ0v) is 12.7. The van der Waals surface area contributed by atoms with Gasteiger partial charge in [0.15, 0.2) is 10.8 Å². The Morgan fingerprint density at radius 1 is 1.47 bits per heavy atom. The highest BCUT2D eigenvalue weighted by Crippen LogP contribution is 2.29. The third-order valence-electron chi connectivity index (χ3n) is 3.69. The van der Waals surface area contributed by atoms with Crippen molar-refractivity contribution in [3.8, 4) is 0 Å². The van der Waals surface area contributed by atoms with Gasteiger partial charge in [-0.25, -0.2) is 9.78 Å². The van der Waals surface area contributed by atoms with Crippen molar-refractivity contribution >= 4 is 22.4 Å². The number of ether oxygens (including phenoxy) is 1. The minimum absolute atomic E-state index is 0.319. The molecule has 2 atom stereocenters. The first-order chi connectivity index (χ1) is 9.11. The fourth-order valence-corrected chi connectivity index (χ4v) is 3.40. The van der Waals surface area contributed by atoms with E-state index in [2.05, 4.69) is 17.2 Å². The number of nitrogens with zero attached hydrogens (tertiary/aromatic N) is 1. The summed E-state index contributed by atoms with van der Waals surface area (Å²) in [6.07, 6.45) is 5.06. The van der Waals surface area contributed by atoms with Crippen LogP contribution in [0.3, 0.4) is 0 Å². The second-order valence-corrected chi connectivity index (χ2v) is 6.36. The minimum atomic E-state index is -0.319. The van der Waals surface area contributed by atoms with Gasteiger partial charge in [-0.05, 0) is 32.6 Å². The zero-order valence-electron chi connectivity index (χ0n) is 11.9. The molecule has 4 nitrogen and oxygen atoms in total. The predicted octanol–water partition coefficient (Wildman–Crippen LogP) is 3.62. The van der Waals surface area contributed by atoms with E-state index in [0.717, 1.165) is 10.0 Å². The summed E-state index contributed by atoms with van der Waals surface area (Å²) in [5.41, 5.74) is 0.456. The maximum Gasteiger partial charge on any atom is 0.358 e. The molecule has 1 aliphatic rings. The van der Waals surface area contributed by atoms with Crippen LogP contribution in [0, 0.1) is 12.8 Å². The maximum absolute atomic E-state index is 11.7. The Balaban J connectivity index is 2.05. The van der Waals surface area contributed by atoms with E-state index in [-0.39, 0.29) is 5.97 Å². The van der Waals surface area contributed by atoms with Gasteiger partial charge in [-0.15, -0.1) is 11.3 Å². The molecule has 2 rings (SSSR count). The standard InChI is InChI=1S/C14H22N2O2S/c1-4-18-13(17)12-10(3)19-14(16-12)15-11-8-6-5-7-9(11)2/h9,11H,4-8H2,1-3H3,(H,15,16). The van der Waals surface area contributed by atoms with Crippen LogP contribution in [0.2, 0.25) is 0 Å². The Kier molecular flexibility index (Phi) is 4.80. The number of esters is 1. The molecule has 1 aromatic rings. The van der Waals surface area contributed by atoms with E-state index in [1.807, 2.05) is 13.8 Å². The van der Waals surface area contributed by atoms with Crippen molar-refractivity contribution in [1.82, 2.24) is 4.98 Å². The lowest BCUT2D eigenvalue weighted by Crippen LogP contribution is -2.30. The van der Waals surface area contributed by atoms with Gasteiger partial charge in [0.05, 0.1) is 6.61 Å². The zero-order chi connectivity index (χ0) is 13.8. The van der Waals surface area contributed by atoms with Gasteiger partial charge in [-0.2, -0.15) is 0 Å². The van der Waals surface area contributed by atoms with Crippen LogP contribution in [0.5, 0.6) is 0 Å². The number of hydrogen-bond donors (Lipinski definition) is 1. The summed E-state index contributed by atoms with van der Waals surface area (Å²) in [6, 6.07) is 0.481. The summed E-state index contributed by atoms with van der Waals surface area (Å²) >= 11 is 1.54. The van der Waals surface area contributed by atoms with Crippen molar-refractivity contribution in [1.29, 1.82) is 0 Å². The van der Waals surface area contributed by atoms with Crippen molar-refractivity contribution < 1.29 is 9.53 Å². The fourth-order valence-electron chi connectivity index (χ4n) is 2.54. The Labute approximate surface area is 118 Å². The van der Waals surface area contributed by atoms with Gasteiger partial charge in [-0.1, -0.05) is 19.8 Å².